The van der Waals surface area contributed by atoms with Crippen LogP contribution in [0.3, 0.4) is 0 Å². The first kappa shape index (κ1) is 14.6. The molecule has 0 aliphatic carbocycles. The summed E-state index contributed by atoms with van der Waals surface area (Å²) in [5, 5.41) is 2.77. The summed E-state index contributed by atoms with van der Waals surface area (Å²) in [6.45, 7) is 0. The smallest absolute Gasteiger partial charge is 0.248 e. The van der Waals surface area contributed by atoms with Crippen LogP contribution in [0.5, 0.6) is 11.5 Å². The highest BCUT2D eigenvalue weighted by atomic mass is 16.5. The number of nitrogens with one attached hydrogen (secondary N) is 1. The van der Waals surface area contributed by atoms with Crippen molar-refractivity contribution in [3.63, 3.8) is 0 Å². The maximum Gasteiger partial charge on any atom is 0.248 e. The summed E-state index contributed by atoms with van der Waals surface area (Å²) in [5.74, 6) is 1.68. The Morgan fingerprint density at radius 3 is 2.74 bits per heavy atom. The number of aromatic nitrogens is 1. The zero-order valence-corrected chi connectivity index (χ0v) is 12.2. The fourth-order valence-electron chi connectivity index (χ4n) is 1.91. The lowest BCUT2D eigenvalue weighted by Gasteiger charge is -2.07. The second-order valence-electron chi connectivity index (χ2n) is 4.65. The Labute approximate surface area is 133 Å². The number of pyridine rings is 1. The third-order valence-electron chi connectivity index (χ3n) is 2.93. The van der Waals surface area contributed by atoms with E-state index >= 15 is 0 Å². The van der Waals surface area contributed by atoms with E-state index in [-0.39, 0.29) is 5.91 Å². The van der Waals surface area contributed by atoms with E-state index in [0.29, 0.717) is 22.9 Å². The number of carbonyl (C=O) groups is 1. The average Bonchev–Trinajstić information content (AvgIpc) is 3.08. The summed E-state index contributed by atoms with van der Waals surface area (Å²) in [6.07, 6.45) is 7.88. The molecule has 114 valence electrons. The Morgan fingerprint density at radius 2 is 1.96 bits per heavy atom. The van der Waals surface area contributed by atoms with Gasteiger partial charge in [-0.15, -0.1) is 0 Å². The van der Waals surface area contributed by atoms with Crippen LogP contribution in [0, 0.1) is 0 Å². The van der Waals surface area contributed by atoms with Crippen molar-refractivity contribution in [2.75, 3.05) is 5.32 Å². The van der Waals surface area contributed by atoms with Gasteiger partial charge in [-0.1, -0.05) is 6.07 Å². The van der Waals surface area contributed by atoms with Crippen LogP contribution in [0.2, 0.25) is 0 Å². The van der Waals surface area contributed by atoms with Gasteiger partial charge in [0, 0.05) is 30.2 Å². The van der Waals surface area contributed by atoms with Crippen molar-refractivity contribution >= 4 is 17.7 Å². The van der Waals surface area contributed by atoms with Crippen molar-refractivity contribution in [3.05, 3.63) is 79.0 Å². The summed E-state index contributed by atoms with van der Waals surface area (Å²) in [5.41, 5.74) is 0.644. The van der Waals surface area contributed by atoms with Crippen molar-refractivity contribution in [2.45, 2.75) is 0 Å². The number of benzene rings is 1. The molecule has 2 heterocycles. The minimum Gasteiger partial charge on any atom is -0.465 e. The van der Waals surface area contributed by atoms with Gasteiger partial charge in [0.05, 0.1) is 6.26 Å². The quantitative estimate of drug-likeness (QED) is 0.720. The van der Waals surface area contributed by atoms with Gasteiger partial charge in [-0.25, -0.2) is 0 Å². The number of carbonyl (C=O) groups excluding carboxylic acids is 1. The van der Waals surface area contributed by atoms with Crippen LogP contribution in [0.15, 0.2) is 77.7 Å². The van der Waals surface area contributed by atoms with Gasteiger partial charge in [-0.05, 0) is 42.5 Å². The largest absolute Gasteiger partial charge is 0.465 e. The van der Waals surface area contributed by atoms with Crippen molar-refractivity contribution in [1.29, 1.82) is 0 Å². The predicted octanol–water partition coefficient (Wildman–Crippen LogP) is 4.12. The lowest BCUT2D eigenvalue weighted by atomic mass is 10.3. The van der Waals surface area contributed by atoms with Crippen LogP contribution in [-0.2, 0) is 4.79 Å². The molecule has 5 nitrogen and oxygen atoms in total. The maximum atomic E-state index is 11.9. The third-order valence-corrected chi connectivity index (χ3v) is 2.93. The lowest BCUT2D eigenvalue weighted by molar-refractivity contribution is -0.111. The van der Waals surface area contributed by atoms with Gasteiger partial charge in [0.15, 0.2) is 0 Å². The maximum absolute atomic E-state index is 11.9. The zero-order chi connectivity index (χ0) is 15.9. The average molecular weight is 306 g/mol. The van der Waals surface area contributed by atoms with Gasteiger partial charge in [0.2, 0.25) is 5.91 Å². The summed E-state index contributed by atoms with van der Waals surface area (Å²) in [4.78, 5) is 15.8. The Bertz CT molecular complexity index is 796. The molecule has 0 saturated carbocycles. The first-order chi connectivity index (χ1) is 11.3. The molecule has 0 radical (unpaired) electrons. The van der Waals surface area contributed by atoms with Crippen molar-refractivity contribution < 1.29 is 13.9 Å². The molecule has 0 aliphatic rings. The van der Waals surface area contributed by atoms with Crippen LogP contribution in [0.25, 0.3) is 6.08 Å². The number of rotatable bonds is 5. The Hall–Kier alpha value is -3.34. The van der Waals surface area contributed by atoms with Gasteiger partial charge in [-0.3, -0.25) is 9.78 Å². The van der Waals surface area contributed by atoms with Gasteiger partial charge in [0.1, 0.15) is 17.3 Å². The lowest BCUT2D eigenvalue weighted by Crippen LogP contribution is -2.07. The summed E-state index contributed by atoms with van der Waals surface area (Å²) in [7, 11) is 0. The molecule has 1 N–H and O–H groups in total. The van der Waals surface area contributed by atoms with E-state index in [1.165, 1.54) is 6.08 Å². The number of hydrogen-bond acceptors (Lipinski definition) is 4. The topological polar surface area (TPSA) is 64.4 Å². The second-order valence-corrected chi connectivity index (χ2v) is 4.65. The fourth-order valence-corrected chi connectivity index (χ4v) is 1.91. The number of nitrogens with zero attached hydrogens (tertiary/aromatic N) is 1. The van der Waals surface area contributed by atoms with Crippen molar-refractivity contribution in [1.82, 2.24) is 4.98 Å². The molecule has 0 atom stereocenters. The van der Waals surface area contributed by atoms with E-state index in [4.69, 9.17) is 9.15 Å². The number of hydrogen-bond donors (Lipinski definition) is 1. The standard InChI is InChI=1S/C18H14N2O3/c21-18(7-6-15-5-2-12-22-15)20-14-3-1-4-17(13-14)23-16-8-10-19-11-9-16/h1-13H,(H,20,21)/b7-6+. The van der Waals surface area contributed by atoms with Crippen LogP contribution < -0.4 is 10.1 Å². The minimum absolute atomic E-state index is 0.248. The highest BCUT2D eigenvalue weighted by molar-refractivity contribution is 6.01. The molecule has 2 aromatic heterocycles. The number of ether oxygens (including phenoxy) is 1. The fraction of sp³-hybridized carbons (Fsp3) is 0. The van der Waals surface area contributed by atoms with Crippen LogP contribution in [0.1, 0.15) is 5.76 Å². The molecular weight excluding hydrogens is 292 g/mol. The number of furan rings is 1. The molecule has 0 spiro atoms. The van der Waals surface area contributed by atoms with E-state index in [1.807, 2.05) is 12.1 Å². The van der Waals surface area contributed by atoms with E-state index in [0.717, 1.165) is 0 Å². The van der Waals surface area contributed by atoms with Gasteiger partial charge >= 0.3 is 0 Å². The van der Waals surface area contributed by atoms with Gasteiger partial charge in [-0.2, -0.15) is 0 Å². The van der Waals surface area contributed by atoms with Crippen LogP contribution >= 0.6 is 0 Å². The third kappa shape index (κ3) is 4.31. The van der Waals surface area contributed by atoms with Crippen LogP contribution in [0.4, 0.5) is 5.69 Å². The molecule has 5 heteroatoms. The van der Waals surface area contributed by atoms with Crippen molar-refractivity contribution in [3.8, 4) is 11.5 Å². The molecule has 0 fully saturated rings. The molecule has 3 aromatic rings. The number of amides is 1. The normalized spacial score (nSPS) is 10.6. The van der Waals surface area contributed by atoms with E-state index in [9.17, 15) is 4.79 Å². The van der Waals surface area contributed by atoms with Crippen molar-refractivity contribution in [2.24, 2.45) is 0 Å². The Morgan fingerprint density at radius 1 is 1.09 bits per heavy atom. The first-order valence-electron chi connectivity index (χ1n) is 7.00. The zero-order valence-electron chi connectivity index (χ0n) is 12.2. The molecule has 1 amide bonds. The molecule has 1 aromatic carbocycles. The first-order valence-corrected chi connectivity index (χ1v) is 7.00. The van der Waals surface area contributed by atoms with E-state index in [1.54, 1.807) is 61.1 Å². The second kappa shape index (κ2) is 7.09. The summed E-state index contributed by atoms with van der Waals surface area (Å²) in [6, 6.07) is 14.2. The molecular formula is C18H14N2O3. The molecule has 0 unspecified atom stereocenters. The highest BCUT2D eigenvalue weighted by Gasteiger charge is 2.02. The molecule has 0 aliphatic heterocycles. The Kier molecular flexibility index (Phi) is 4.49. The molecule has 23 heavy (non-hydrogen) atoms. The molecule has 0 bridgehead atoms. The summed E-state index contributed by atoms with van der Waals surface area (Å²) < 4.78 is 10.8. The van der Waals surface area contributed by atoms with Crippen LogP contribution in [-0.4, -0.2) is 10.9 Å². The van der Waals surface area contributed by atoms with E-state index in [2.05, 4.69) is 10.3 Å². The monoisotopic (exact) mass is 306 g/mol. The number of anilines is 1. The highest BCUT2D eigenvalue weighted by Crippen LogP contribution is 2.23. The minimum atomic E-state index is -0.248. The Balaban J connectivity index is 1.64. The van der Waals surface area contributed by atoms with Gasteiger partial charge in [0.25, 0.3) is 0 Å². The predicted molar refractivity (Wildman–Crippen MR) is 87.1 cm³/mol. The molecule has 3 rings (SSSR count). The summed E-state index contributed by atoms with van der Waals surface area (Å²) >= 11 is 0. The SMILES string of the molecule is O=C(/C=C/c1ccco1)Nc1cccc(Oc2ccncc2)c1. The van der Waals surface area contributed by atoms with E-state index < -0.39 is 0 Å². The molecule has 0 saturated heterocycles. The van der Waals surface area contributed by atoms with Gasteiger partial charge < -0.3 is 14.5 Å².